The van der Waals surface area contributed by atoms with Gasteiger partial charge in [-0.05, 0) is 13.8 Å². The Hall–Kier alpha value is -1.33. The van der Waals surface area contributed by atoms with Gasteiger partial charge >= 0.3 is 5.97 Å². The van der Waals surface area contributed by atoms with Crippen LogP contribution in [0.15, 0.2) is 23.2 Å². The summed E-state index contributed by atoms with van der Waals surface area (Å²) in [4.78, 5) is 11.6. The Balaban J connectivity index is 2.53. The van der Waals surface area contributed by atoms with Crippen LogP contribution in [0.2, 0.25) is 0 Å². The molecule has 2 heterocycles. The number of nitrogens with one attached hydrogen (secondary N) is 1. The second-order valence-corrected chi connectivity index (χ2v) is 3.62. The molecular weight excluding hydrogens is 198 g/mol. The van der Waals surface area contributed by atoms with Crippen molar-refractivity contribution in [3.8, 4) is 0 Å². The number of hydrogen-bond donors (Lipinski definition) is 2. The fraction of sp³-hybridized carbons (Fsp3) is 0.500. The number of carbonyl (C=O) groups is 1. The fourth-order valence-corrected chi connectivity index (χ4v) is 1.91. The van der Waals surface area contributed by atoms with Crippen molar-refractivity contribution in [3.05, 3.63) is 23.2 Å². The van der Waals surface area contributed by atoms with Crippen molar-refractivity contribution in [2.24, 2.45) is 0 Å². The van der Waals surface area contributed by atoms with Crippen molar-refractivity contribution in [1.82, 2.24) is 5.32 Å². The second kappa shape index (κ2) is 3.36. The number of esters is 1. The summed E-state index contributed by atoms with van der Waals surface area (Å²) in [6, 6.07) is 0. The van der Waals surface area contributed by atoms with E-state index in [1.165, 1.54) is 6.92 Å². The summed E-state index contributed by atoms with van der Waals surface area (Å²) in [6.45, 7) is 4.24. The van der Waals surface area contributed by atoms with Crippen LogP contribution in [0.4, 0.5) is 0 Å². The normalized spacial score (nSPS) is 34.0. The van der Waals surface area contributed by atoms with Crippen molar-refractivity contribution in [2.75, 3.05) is 13.2 Å². The first-order chi connectivity index (χ1) is 7.05. The lowest BCUT2D eigenvalue weighted by atomic mass is 9.99. The zero-order valence-electron chi connectivity index (χ0n) is 8.66. The summed E-state index contributed by atoms with van der Waals surface area (Å²) in [5, 5.41) is 12.5. The van der Waals surface area contributed by atoms with Crippen LogP contribution in [0.25, 0.3) is 0 Å². The standard InChI is InChI=1S/C10H13NO4/c1-6-5-10(11-3-4-14-10)8(7(2)12)9(13)15-6/h5,11-12H,3-4H2,1-2H3/b8-7-. The Morgan fingerprint density at radius 3 is 2.93 bits per heavy atom. The van der Waals surface area contributed by atoms with E-state index in [0.29, 0.717) is 18.9 Å². The molecule has 0 aliphatic carbocycles. The van der Waals surface area contributed by atoms with E-state index in [0.717, 1.165) is 0 Å². The van der Waals surface area contributed by atoms with Gasteiger partial charge in [-0.15, -0.1) is 0 Å². The predicted molar refractivity (Wildman–Crippen MR) is 51.9 cm³/mol. The molecule has 1 unspecified atom stereocenters. The SMILES string of the molecule is CC1=CC2(NCCO2)/C(=C(/C)O)C(=O)O1. The topological polar surface area (TPSA) is 67.8 Å². The minimum Gasteiger partial charge on any atom is -0.512 e. The van der Waals surface area contributed by atoms with Crippen LogP contribution in [-0.4, -0.2) is 30.0 Å². The predicted octanol–water partition coefficient (Wildman–Crippen LogP) is 0.595. The molecule has 2 rings (SSSR count). The Labute approximate surface area is 87.4 Å². The highest BCUT2D eigenvalue weighted by atomic mass is 16.6. The maximum atomic E-state index is 11.6. The lowest BCUT2D eigenvalue weighted by Gasteiger charge is -2.31. The number of cyclic esters (lactones) is 1. The van der Waals surface area contributed by atoms with Crippen molar-refractivity contribution in [1.29, 1.82) is 0 Å². The first-order valence-electron chi connectivity index (χ1n) is 4.76. The maximum Gasteiger partial charge on any atom is 0.347 e. The van der Waals surface area contributed by atoms with Gasteiger partial charge in [-0.25, -0.2) is 4.79 Å². The van der Waals surface area contributed by atoms with Crippen molar-refractivity contribution in [2.45, 2.75) is 19.6 Å². The Kier molecular flexibility index (Phi) is 2.28. The second-order valence-electron chi connectivity index (χ2n) is 3.62. The summed E-state index contributed by atoms with van der Waals surface area (Å²) < 4.78 is 10.4. The third-order valence-electron chi connectivity index (χ3n) is 2.42. The van der Waals surface area contributed by atoms with Gasteiger partial charge in [-0.3, -0.25) is 5.32 Å². The number of aliphatic hydroxyl groups is 1. The maximum absolute atomic E-state index is 11.6. The Morgan fingerprint density at radius 1 is 1.67 bits per heavy atom. The molecule has 0 bridgehead atoms. The molecule has 5 nitrogen and oxygen atoms in total. The van der Waals surface area contributed by atoms with Gasteiger partial charge in [0.15, 0.2) is 5.72 Å². The number of carbonyl (C=O) groups excluding carboxylic acids is 1. The molecule has 2 N–H and O–H groups in total. The monoisotopic (exact) mass is 211 g/mol. The molecule has 2 aliphatic heterocycles. The molecule has 5 heteroatoms. The summed E-state index contributed by atoms with van der Waals surface area (Å²) in [6.07, 6.45) is 1.66. The minimum atomic E-state index is -1.00. The van der Waals surface area contributed by atoms with Gasteiger partial charge in [-0.1, -0.05) is 0 Å². The van der Waals surface area contributed by atoms with Crippen LogP contribution in [0.5, 0.6) is 0 Å². The van der Waals surface area contributed by atoms with Crippen molar-refractivity contribution < 1.29 is 19.4 Å². The Morgan fingerprint density at radius 2 is 2.40 bits per heavy atom. The fourth-order valence-electron chi connectivity index (χ4n) is 1.91. The van der Waals surface area contributed by atoms with Gasteiger partial charge in [0.2, 0.25) is 0 Å². The van der Waals surface area contributed by atoms with E-state index in [1.807, 2.05) is 0 Å². The molecule has 0 aromatic rings. The van der Waals surface area contributed by atoms with Crippen LogP contribution in [0.1, 0.15) is 13.8 Å². The zero-order valence-corrected chi connectivity index (χ0v) is 8.66. The van der Waals surface area contributed by atoms with Crippen molar-refractivity contribution in [3.63, 3.8) is 0 Å². The average molecular weight is 211 g/mol. The first-order valence-corrected chi connectivity index (χ1v) is 4.76. The average Bonchev–Trinajstić information content (AvgIpc) is 2.50. The Bertz CT molecular complexity index is 360. The number of aliphatic hydroxyl groups excluding tert-OH is 1. The number of allylic oxidation sites excluding steroid dienone is 2. The van der Waals surface area contributed by atoms with E-state index in [2.05, 4.69) is 5.32 Å². The summed E-state index contributed by atoms with van der Waals surface area (Å²) in [5.74, 6) is -0.179. The van der Waals surface area contributed by atoms with E-state index in [-0.39, 0.29) is 11.3 Å². The summed E-state index contributed by atoms with van der Waals surface area (Å²) in [7, 11) is 0. The molecule has 0 amide bonds. The van der Waals surface area contributed by atoms with E-state index >= 15 is 0 Å². The van der Waals surface area contributed by atoms with Gasteiger partial charge in [0, 0.05) is 12.6 Å². The molecular formula is C10H13NO4. The molecule has 1 spiro atoms. The molecule has 0 radical (unpaired) electrons. The van der Waals surface area contributed by atoms with Gasteiger partial charge in [0.05, 0.1) is 6.61 Å². The largest absolute Gasteiger partial charge is 0.512 e. The molecule has 1 atom stereocenters. The molecule has 82 valence electrons. The van der Waals surface area contributed by atoms with Gasteiger partial charge in [0.25, 0.3) is 0 Å². The van der Waals surface area contributed by atoms with E-state index < -0.39 is 11.7 Å². The molecule has 15 heavy (non-hydrogen) atoms. The van der Waals surface area contributed by atoms with Crippen LogP contribution in [-0.2, 0) is 14.3 Å². The van der Waals surface area contributed by atoms with E-state index in [4.69, 9.17) is 9.47 Å². The van der Waals surface area contributed by atoms with E-state index in [9.17, 15) is 9.90 Å². The highest BCUT2D eigenvalue weighted by Gasteiger charge is 2.46. The molecule has 0 aromatic carbocycles. The highest BCUT2D eigenvalue weighted by Crippen LogP contribution is 2.32. The molecule has 0 aromatic heterocycles. The smallest absolute Gasteiger partial charge is 0.347 e. The quantitative estimate of drug-likeness (QED) is 0.349. The number of ether oxygens (including phenoxy) is 2. The van der Waals surface area contributed by atoms with Crippen LogP contribution in [0, 0.1) is 0 Å². The zero-order chi connectivity index (χ0) is 11.1. The van der Waals surface area contributed by atoms with Gasteiger partial charge < -0.3 is 14.6 Å². The third kappa shape index (κ3) is 1.53. The number of hydrogen-bond acceptors (Lipinski definition) is 5. The molecule has 1 saturated heterocycles. The highest BCUT2D eigenvalue weighted by molar-refractivity contribution is 5.93. The van der Waals surface area contributed by atoms with Crippen LogP contribution in [0.3, 0.4) is 0 Å². The molecule has 0 saturated carbocycles. The number of rotatable bonds is 0. The van der Waals surface area contributed by atoms with Crippen molar-refractivity contribution >= 4 is 5.97 Å². The summed E-state index contributed by atoms with van der Waals surface area (Å²) in [5.41, 5.74) is -0.872. The van der Waals surface area contributed by atoms with Gasteiger partial charge in [-0.2, -0.15) is 0 Å². The first kappa shape index (κ1) is 10.2. The molecule has 1 fully saturated rings. The van der Waals surface area contributed by atoms with Gasteiger partial charge in [0.1, 0.15) is 17.1 Å². The third-order valence-corrected chi connectivity index (χ3v) is 2.42. The lowest BCUT2D eigenvalue weighted by Crippen LogP contribution is -2.47. The summed E-state index contributed by atoms with van der Waals surface area (Å²) >= 11 is 0. The van der Waals surface area contributed by atoms with Crippen LogP contribution < -0.4 is 5.32 Å². The molecule has 2 aliphatic rings. The minimum absolute atomic E-state index is 0.0850. The lowest BCUT2D eigenvalue weighted by molar-refractivity contribution is -0.139. The van der Waals surface area contributed by atoms with Crippen LogP contribution >= 0.6 is 0 Å². The van der Waals surface area contributed by atoms with E-state index in [1.54, 1.807) is 13.0 Å².